The number of hydrogen-bond donors (Lipinski definition) is 2. The van der Waals surface area contributed by atoms with Gasteiger partial charge in [-0.15, -0.1) is 12.4 Å². The predicted octanol–water partition coefficient (Wildman–Crippen LogP) is 3.01. The lowest BCUT2D eigenvalue weighted by Gasteiger charge is -2.40. The van der Waals surface area contributed by atoms with Crippen LogP contribution >= 0.6 is 24.2 Å². The summed E-state index contributed by atoms with van der Waals surface area (Å²) >= 11 is 1.65. The molecule has 6 nitrogen and oxygen atoms in total. The number of primary amides is 1. The quantitative estimate of drug-likeness (QED) is 0.629. The molecule has 2 heterocycles. The smallest absolute Gasteiger partial charge is 0.308 e. The molecule has 1 saturated carbocycles. The number of nitrogens with zero attached hydrogens (tertiary/aromatic N) is 1. The molecule has 0 aromatic rings. The summed E-state index contributed by atoms with van der Waals surface area (Å²) in [5.41, 5.74) is 6.68. The molecular formula is C20H34ClN3O3S. The molecule has 0 spiro atoms. The first-order valence-electron chi connectivity index (χ1n) is 10.3. The summed E-state index contributed by atoms with van der Waals surface area (Å²) < 4.78 is 4.91. The van der Waals surface area contributed by atoms with Crippen LogP contribution in [0.1, 0.15) is 58.3 Å². The maximum Gasteiger partial charge on any atom is 0.308 e. The van der Waals surface area contributed by atoms with E-state index in [-0.39, 0.29) is 30.2 Å². The number of thioether (sulfide) groups is 1. The van der Waals surface area contributed by atoms with Crippen molar-refractivity contribution < 1.29 is 14.3 Å². The second kappa shape index (κ2) is 10.7. The van der Waals surface area contributed by atoms with E-state index in [9.17, 15) is 9.59 Å². The van der Waals surface area contributed by atoms with Crippen LogP contribution in [0.15, 0.2) is 10.6 Å². The van der Waals surface area contributed by atoms with Crippen LogP contribution in [0, 0.1) is 11.8 Å². The van der Waals surface area contributed by atoms with Crippen molar-refractivity contribution in [3.8, 4) is 0 Å². The first-order valence-corrected chi connectivity index (χ1v) is 11.1. The number of ether oxygens (including phenoxy) is 1. The van der Waals surface area contributed by atoms with Crippen molar-refractivity contribution >= 4 is 36.0 Å². The van der Waals surface area contributed by atoms with E-state index in [1.807, 2.05) is 6.92 Å². The average Bonchev–Trinajstić information content (AvgIpc) is 3.03. The van der Waals surface area contributed by atoms with Crippen molar-refractivity contribution in [3.63, 3.8) is 0 Å². The van der Waals surface area contributed by atoms with E-state index >= 15 is 0 Å². The Hall–Kier alpha value is -0.920. The zero-order chi connectivity index (χ0) is 19.4. The molecule has 160 valence electrons. The van der Waals surface area contributed by atoms with Gasteiger partial charge in [-0.3, -0.25) is 9.59 Å². The van der Waals surface area contributed by atoms with Gasteiger partial charge >= 0.3 is 5.97 Å². The maximum atomic E-state index is 11.9. The number of hydrogen-bond acceptors (Lipinski definition) is 6. The Morgan fingerprint density at radius 1 is 1.14 bits per heavy atom. The third-order valence-corrected chi connectivity index (χ3v) is 7.88. The number of nitrogens with one attached hydrogen (secondary N) is 1. The van der Waals surface area contributed by atoms with E-state index in [1.54, 1.807) is 11.8 Å². The second-order valence-corrected chi connectivity index (χ2v) is 9.25. The van der Waals surface area contributed by atoms with Gasteiger partial charge in [-0.25, -0.2) is 0 Å². The zero-order valence-corrected chi connectivity index (χ0v) is 18.6. The standard InChI is InChI=1S/C20H33N3O3S.ClH/c1-13-18(19(21)24)27-17(8-3-14-9-11-22-12-10-14)23(13)16-6-4-15(5-7-16)20(25)26-2;/h14-17,22H,3-12H2,1-2H3,(H2,21,24);1H/t15-,16-,17?;. The number of methoxy groups -OCH3 is 1. The monoisotopic (exact) mass is 431 g/mol. The van der Waals surface area contributed by atoms with E-state index in [4.69, 9.17) is 10.5 Å². The molecule has 3 rings (SSSR count). The number of allylic oxidation sites excluding steroid dienone is 1. The topological polar surface area (TPSA) is 84.7 Å². The molecule has 28 heavy (non-hydrogen) atoms. The minimum absolute atomic E-state index is 0. The Morgan fingerprint density at radius 3 is 2.36 bits per heavy atom. The first-order chi connectivity index (χ1) is 13.0. The summed E-state index contributed by atoms with van der Waals surface area (Å²) in [6.07, 6.45) is 8.43. The van der Waals surface area contributed by atoms with Crippen LogP contribution in [0.3, 0.4) is 0 Å². The van der Waals surface area contributed by atoms with Crippen molar-refractivity contribution in [3.05, 3.63) is 10.6 Å². The molecule has 1 unspecified atom stereocenters. The lowest BCUT2D eigenvalue weighted by Crippen LogP contribution is -2.41. The molecular weight excluding hydrogens is 398 g/mol. The number of carbonyl (C=O) groups is 2. The van der Waals surface area contributed by atoms with E-state index in [1.165, 1.54) is 26.4 Å². The van der Waals surface area contributed by atoms with Crippen LogP contribution in [0.2, 0.25) is 0 Å². The van der Waals surface area contributed by atoms with Crippen molar-refractivity contribution in [2.75, 3.05) is 20.2 Å². The van der Waals surface area contributed by atoms with Gasteiger partial charge in [-0.2, -0.15) is 0 Å². The van der Waals surface area contributed by atoms with Crippen LogP contribution in [0.25, 0.3) is 0 Å². The summed E-state index contributed by atoms with van der Waals surface area (Å²) in [7, 11) is 1.47. The number of carbonyl (C=O) groups excluding carboxylic acids is 2. The van der Waals surface area contributed by atoms with Gasteiger partial charge < -0.3 is 20.7 Å². The Morgan fingerprint density at radius 2 is 1.79 bits per heavy atom. The van der Waals surface area contributed by atoms with Gasteiger partial charge in [-0.05, 0) is 77.3 Å². The second-order valence-electron chi connectivity index (χ2n) is 8.06. The van der Waals surface area contributed by atoms with E-state index in [0.717, 1.165) is 61.7 Å². The third-order valence-electron chi connectivity index (χ3n) is 6.41. The minimum Gasteiger partial charge on any atom is -0.469 e. The molecule has 0 bridgehead atoms. The SMILES string of the molecule is COC(=O)[C@H]1CC[C@H](N2C(C)=C(C(N)=O)SC2CCC2CCNCC2)CC1.Cl. The fourth-order valence-corrected chi connectivity index (χ4v) is 6.22. The van der Waals surface area contributed by atoms with Crippen molar-refractivity contribution in [2.24, 2.45) is 17.6 Å². The van der Waals surface area contributed by atoms with Gasteiger partial charge in [0.2, 0.25) is 0 Å². The highest BCUT2D eigenvalue weighted by atomic mass is 35.5. The number of amides is 1. The fourth-order valence-electron chi connectivity index (χ4n) is 4.86. The van der Waals surface area contributed by atoms with Gasteiger partial charge in [0.25, 0.3) is 5.91 Å². The van der Waals surface area contributed by atoms with Crippen LogP contribution in [0.5, 0.6) is 0 Å². The van der Waals surface area contributed by atoms with Gasteiger partial charge in [0.05, 0.1) is 23.3 Å². The Balaban J connectivity index is 0.00000280. The van der Waals surface area contributed by atoms with Gasteiger partial charge in [0, 0.05) is 11.7 Å². The van der Waals surface area contributed by atoms with Crippen LogP contribution < -0.4 is 11.1 Å². The molecule has 0 aromatic carbocycles. The predicted molar refractivity (Wildman–Crippen MR) is 115 cm³/mol. The Labute approximate surface area is 178 Å². The number of halogens is 1. The molecule has 1 aliphatic carbocycles. The number of nitrogens with two attached hydrogens (primary N) is 1. The fraction of sp³-hybridized carbons (Fsp3) is 0.800. The summed E-state index contributed by atoms with van der Waals surface area (Å²) in [5, 5.41) is 3.72. The zero-order valence-electron chi connectivity index (χ0n) is 16.9. The van der Waals surface area contributed by atoms with Gasteiger partial charge in [0.1, 0.15) is 0 Å². The molecule has 2 aliphatic heterocycles. The maximum absolute atomic E-state index is 11.9. The molecule has 8 heteroatoms. The molecule has 1 atom stereocenters. The lowest BCUT2D eigenvalue weighted by molar-refractivity contribution is -0.146. The molecule has 2 fully saturated rings. The van der Waals surface area contributed by atoms with Crippen LogP contribution in [-0.2, 0) is 14.3 Å². The summed E-state index contributed by atoms with van der Waals surface area (Å²) in [6.45, 7) is 4.27. The molecule has 3 aliphatic rings. The molecule has 0 aromatic heterocycles. The number of esters is 1. The number of rotatable bonds is 6. The molecule has 1 saturated heterocycles. The van der Waals surface area contributed by atoms with Crippen molar-refractivity contribution in [1.82, 2.24) is 10.2 Å². The van der Waals surface area contributed by atoms with Crippen LogP contribution in [0.4, 0.5) is 0 Å². The average molecular weight is 432 g/mol. The largest absolute Gasteiger partial charge is 0.469 e. The molecule has 3 N–H and O–H groups in total. The normalized spacial score (nSPS) is 28.8. The summed E-state index contributed by atoms with van der Waals surface area (Å²) in [5.74, 6) is 0.406. The highest BCUT2D eigenvalue weighted by Crippen LogP contribution is 2.45. The first kappa shape index (κ1) is 23.4. The van der Waals surface area contributed by atoms with E-state index in [0.29, 0.717) is 11.4 Å². The molecule has 1 amide bonds. The van der Waals surface area contributed by atoms with Crippen molar-refractivity contribution in [2.45, 2.75) is 69.7 Å². The highest BCUT2D eigenvalue weighted by Gasteiger charge is 2.39. The van der Waals surface area contributed by atoms with Crippen molar-refractivity contribution in [1.29, 1.82) is 0 Å². The summed E-state index contributed by atoms with van der Waals surface area (Å²) in [6, 6.07) is 0.383. The van der Waals surface area contributed by atoms with Crippen LogP contribution in [-0.4, -0.2) is 48.4 Å². The van der Waals surface area contributed by atoms with Gasteiger partial charge in [0.15, 0.2) is 0 Å². The van der Waals surface area contributed by atoms with E-state index in [2.05, 4.69) is 10.2 Å². The summed E-state index contributed by atoms with van der Waals surface area (Å²) in [4.78, 5) is 26.9. The Kier molecular flexibility index (Phi) is 8.96. The third kappa shape index (κ3) is 5.36. The molecule has 0 radical (unpaired) electrons. The van der Waals surface area contributed by atoms with E-state index < -0.39 is 0 Å². The lowest BCUT2D eigenvalue weighted by atomic mass is 9.85. The van der Waals surface area contributed by atoms with Gasteiger partial charge in [-0.1, -0.05) is 11.8 Å². The minimum atomic E-state index is -0.310. The highest BCUT2D eigenvalue weighted by molar-refractivity contribution is 8.04. The number of piperidine rings is 1. The Bertz CT molecular complexity index is 587.